The number of aliphatic hydroxyl groups excluding tert-OH is 2. The van der Waals surface area contributed by atoms with Crippen molar-refractivity contribution in [1.82, 2.24) is 4.90 Å². The lowest BCUT2D eigenvalue weighted by molar-refractivity contribution is 0.0507. The van der Waals surface area contributed by atoms with Crippen LogP contribution in [0.2, 0.25) is 0 Å². The standard InChI is InChI=1S/C16H23NO3/c18-14-5-7-17(8-6-14)11-15(19)12-3-4-16-13(10-12)2-1-9-20-16/h3-4,10,14-15,18-19H,1-2,5-9,11H2. The quantitative estimate of drug-likeness (QED) is 0.879. The Morgan fingerprint density at radius 2 is 2.10 bits per heavy atom. The number of β-amino-alcohol motifs (C(OH)–C–C–N with tert-alkyl or cyclic N) is 1. The number of rotatable bonds is 3. The van der Waals surface area contributed by atoms with Crippen LogP contribution < -0.4 is 4.74 Å². The number of aryl methyl sites for hydroxylation is 1. The van der Waals surface area contributed by atoms with Gasteiger partial charge in [0.2, 0.25) is 0 Å². The summed E-state index contributed by atoms with van der Waals surface area (Å²) in [6.45, 7) is 3.18. The van der Waals surface area contributed by atoms with Crippen molar-refractivity contribution in [3.05, 3.63) is 29.3 Å². The van der Waals surface area contributed by atoms with Crippen LogP contribution in [0.3, 0.4) is 0 Å². The Balaban J connectivity index is 1.63. The van der Waals surface area contributed by atoms with Crippen molar-refractivity contribution in [2.75, 3.05) is 26.2 Å². The van der Waals surface area contributed by atoms with E-state index >= 15 is 0 Å². The molecule has 1 aromatic carbocycles. The first-order chi connectivity index (χ1) is 9.72. The molecule has 4 heteroatoms. The fourth-order valence-corrected chi connectivity index (χ4v) is 3.04. The van der Waals surface area contributed by atoms with E-state index in [1.54, 1.807) is 0 Å². The van der Waals surface area contributed by atoms with Crippen molar-refractivity contribution >= 4 is 0 Å². The molecule has 0 bridgehead atoms. The average Bonchev–Trinajstić information content (AvgIpc) is 2.49. The van der Waals surface area contributed by atoms with E-state index in [9.17, 15) is 10.2 Å². The Hall–Kier alpha value is -1.10. The third-order valence-corrected chi connectivity index (χ3v) is 4.31. The maximum Gasteiger partial charge on any atom is 0.122 e. The van der Waals surface area contributed by atoms with Crippen LogP contribution in [-0.4, -0.2) is 47.5 Å². The number of ether oxygens (including phenoxy) is 1. The smallest absolute Gasteiger partial charge is 0.122 e. The number of hydrogen-bond donors (Lipinski definition) is 2. The van der Waals surface area contributed by atoms with E-state index in [2.05, 4.69) is 11.0 Å². The molecule has 4 nitrogen and oxygen atoms in total. The molecule has 2 heterocycles. The van der Waals surface area contributed by atoms with Gasteiger partial charge in [0.05, 0.1) is 18.8 Å². The van der Waals surface area contributed by atoms with Crippen LogP contribution in [0.25, 0.3) is 0 Å². The molecule has 2 aliphatic heterocycles. The average molecular weight is 277 g/mol. The molecule has 0 radical (unpaired) electrons. The van der Waals surface area contributed by atoms with Gasteiger partial charge >= 0.3 is 0 Å². The zero-order valence-electron chi connectivity index (χ0n) is 11.8. The van der Waals surface area contributed by atoms with E-state index in [4.69, 9.17) is 4.74 Å². The summed E-state index contributed by atoms with van der Waals surface area (Å²) in [6, 6.07) is 6.03. The molecule has 0 saturated carbocycles. The van der Waals surface area contributed by atoms with Crippen LogP contribution in [0, 0.1) is 0 Å². The van der Waals surface area contributed by atoms with Crippen LogP contribution in [0.4, 0.5) is 0 Å². The number of piperidine rings is 1. The molecule has 2 N–H and O–H groups in total. The van der Waals surface area contributed by atoms with Gasteiger partial charge in [-0.05, 0) is 48.9 Å². The summed E-state index contributed by atoms with van der Waals surface area (Å²) in [7, 11) is 0. The monoisotopic (exact) mass is 277 g/mol. The van der Waals surface area contributed by atoms with Crippen molar-refractivity contribution in [2.24, 2.45) is 0 Å². The Bertz CT molecular complexity index is 455. The van der Waals surface area contributed by atoms with E-state index in [1.807, 2.05) is 12.1 Å². The summed E-state index contributed by atoms with van der Waals surface area (Å²) in [5, 5.41) is 19.9. The van der Waals surface area contributed by atoms with Gasteiger partial charge in [-0.3, -0.25) is 0 Å². The largest absolute Gasteiger partial charge is 0.493 e. The van der Waals surface area contributed by atoms with Crippen molar-refractivity contribution in [2.45, 2.75) is 37.9 Å². The van der Waals surface area contributed by atoms with Gasteiger partial charge in [0, 0.05) is 19.6 Å². The first-order valence-electron chi connectivity index (χ1n) is 7.56. The Labute approximate surface area is 120 Å². The molecular weight excluding hydrogens is 254 g/mol. The van der Waals surface area contributed by atoms with Gasteiger partial charge in [0.1, 0.15) is 5.75 Å². The normalized spacial score (nSPS) is 22.1. The maximum absolute atomic E-state index is 10.4. The van der Waals surface area contributed by atoms with Gasteiger partial charge < -0.3 is 19.8 Å². The summed E-state index contributed by atoms with van der Waals surface area (Å²) in [5.41, 5.74) is 2.18. The van der Waals surface area contributed by atoms with Crippen LogP contribution >= 0.6 is 0 Å². The number of likely N-dealkylation sites (tertiary alicyclic amines) is 1. The summed E-state index contributed by atoms with van der Waals surface area (Å²) in [5.74, 6) is 0.966. The van der Waals surface area contributed by atoms with Crippen molar-refractivity contribution < 1.29 is 14.9 Å². The van der Waals surface area contributed by atoms with Crippen LogP contribution in [0.5, 0.6) is 5.75 Å². The second-order valence-corrected chi connectivity index (χ2v) is 5.87. The van der Waals surface area contributed by atoms with E-state index in [-0.39, 0.29) is 6.10 Å². The Kier molecular flexibility index (Phi) is 4.24. The highest BCUT2D eigenvalue weighted by molar-refractivity contribution is 5.39. The highest BCUT2D eigenvalue weighted by Crippen LogP contribution is 2.28. The molecule has 0 aliphatic carbocycles. The van der Waals surface area contributed by atoms with Gasteiger partial charge in [-0.15, -0.1) is 0 Å². The van der Waals surface area contributed by atoms with Crippen molar-refractivity contribution in [3.63, 3.8) is 0 Å². The third-order valence-electron chi connectivity index (χ3n) is 4.31. The lowest BCUT2D eigenvalue weighted by atomic mass is 9.99. The number of aliphatic hydroxyl groups is 2. The summed E-state index contributed by atoms with van der Waals surface area (Å²) in [4.78, 5) is 2.23. The van der Waals surface area contributed by atoms with Crippen molar-refractivity contribution in [3.8, 4) is 5.75 Å². The Morgan fingerprint density at radius 3 is 2.90 bits per heavy atom. The Morgan fingerprint density at radius 1 is 1.30 bits per heavy atom. The molecule has 3 rings (SSSR count). The predicted octanol–water partition coefficient (Wildman–Crippen LogP) is 1.50. The van der Waals surface area contributed by atoms with E-state index in [0.29, 0.717) is 6.54 Å². The molecule has 0 aromatic heterocycles. The minimum absolute atomic E-state index is 0.163. The molecule has 1 fully saturated rings. The van der Waals surface area contributed by atoms with Gasteiger partial charge in [0.25, 0.3) is 0 Å². The second kappa shape index (κ2) is 6.12. The second-order valence-electron chi connectivity index (χ2n) is 5.87. The highest BCUT2D eigenvalue weighted by Gasteiger charge is 2.21. The fraction of sp³-hybridized carbons (Fsp3) is 0.625. The van der Waals surface area contributed by atoms with E-state index in [0.717, 1.165) is 56.7 Å². The summed E-state index contributed by atoms with van der Waals surface area (Å²) < 4.78 is 5.60. The van der Waals surface area contributed by atoms with Gasteiger partial charge in [-0.25, -0.2) is 0 Å². The molecule has 2 aliphatic rings. The first kappa shape index (κ1) is 13.9. The van der Waals surface area contributed by atoms with Gasteiger partial charge in [-0.1, -0.05) is 6.07 Å². The molecule has 1 atom stereocenters. The predicted molar refractivity (Wildman–Crippen MR) is 76.9 cm³/mol. The maximum atomic E-state index is 10.4. The minimum Gasteiger partial charge on any atom is -0.493 e. The highest BCUT2D eigenvalue weighted by atomic mass is 16.5. The topological polar surface area (TPSA) is 52.9 Å². The van der Waals surface area contributed by atoms with Crippen LogP contribution in [0.15, 0.2) is 18.2 Å². The zero-order valence-corrected chi connectivity index (χ0v) is 11.8. The fourth-order valence-electron chi connectivity index (χ4n) is 3.04. The molecule has 0 spiro atoms. The van der Waals surface area contributed by atoms with E-state index < -0.39 is 6.10 Å². The van der Waals surface area contributed by atoms with Gasteiger partial charge in [0.15, 0.2) is 0 Å². The van der Waals surface area contributed by atoms with Gasteiger partial charge in [-0.2, -0.15) is 0 Å². The molecule has 1 unspecified atom stereocenters. The summed E-state index contributed by atoms with van der Waals surface area (Å²) >= 11 is 0. The molecule has 20 heavy (non-hydrogen) atoms. The number of fused-ring (bicyclic) bond motifs is 1. The molecule has 110 valence electrons. The third kappa shape index (κ3) is 3.14. The first-order valence-corrected chi connectivity index (χ1v) is 7.56. The van der Waals surface area contributed by atoms with Crippen LogP contribution in [0.1, 0.15) is 36.5 Å². The molecule has 1 saturated heterocycles. The lowest BCUT2D eigenvalue weighted by Gasteiger charge is -2.31. The van der Waals surface area contributed by atoms with Crippen molar-refractivity contribution in [1.29, 1.82) is 0 Å². The number of benzene rings is 1. The minimum atomic E-state index is -0.461. The van der Waals surface area contributed by atoms with Crippen LogP contribution in [-0.2, 0) is 6.42 Å². The zero-order chi connectivity index (χ0) is 13.9. The summed E-state index contributed by atoms with van der Waals surface area (Å²) in [6.07, 6.45) is 3.08. The lowest BCUT2D eigenvalue weighted by Crippen LogP contribution is -2.38. The molecular formula is C16H23NO3. The van der Waals surface area contributed by atoms with E-state index in [1.165, 1.54) is 5.56 Å². The number of nitrogens with zero attached hydrogens (tertiary/aromatic N) is 1. The molecule has 1 aromatic rings. The molecule has 0 amide bonds. The number of hydrogen-bond acceptors (Lipinski definition) is 4. The SMILES string of the molecule is OC1CCN(CC(O)c2ccc3c(c2)CCCO3)CC1.